The molecule has 1 aliphatic carbocycles. The summed E-state index contributed by atoms with van der Waals surface area (Å²) in [5, 5.41) is 17.6. The molecule has 0 spiro atoms. The minimum absolute atomic E-state index is 0.139. The van der Waals surface area contributed by atoms with Gasteiger partial charge in [0.15, 0.2) is 0 Å². The summed E-state index contributed by atoms with van der Waals surface area (Å²) in [4.78, 5) is 0. The third-order valence-electron chi connectivity index (χ3n) is 2.34. The summed E-state index contributed by atoms with van der Waals surface area (Å²) in [6.07, 6.45) is 0.973. The molecule has 0 aromatic rings. The van der Waals surface area contributed by atoms with Gasteiger partial charge in [0.2, 0.25) is 0 Å². The third-order valence-corrected chi connectivity index (χ3v) is 2.34. The second kappa shape index (κ2) is 2.24. The molecule has 0 aromatic heterocycles. The van der Waals surface area contributed by atoms with Crippen molar-refractivity contribution in [1.29, 1.82) is 0 Å². The minimum Gasteiger partial charge on any atom is -0.427 e. The maximum absolute atomic E-state index is 8.78. The van der Waals surface area contributed by atoms with Crippen LogP contribution in [0.1, 0.15) is 27.2 Å². The van der Waals surface area contributed by atoms with E-state index in [1.165, 1.54) is 0 Å². The van der Waals surface area contributed by atoms with E-state index in [0.717, 1.165) is 6.42 Å². The average molecular weight is 142 g/mol. The van der Waals surface area contributed by atoms with E-state index < -0.39 is 7.12 Å². The molecule has 2 N–H and O–H groups in total. The molecule has 0 aromatic carbocycles. The zero-order valence-electron chi connectivity index (χ0n) is 6.83. The Morgan fingerprint density at radius 2 is 1.80 bits per heavy atom. The molecular weight excluding hydrogens is 127 g/mol. The van der Waals surface area contributed by atoms with Crippen LogP contribution in [0.15, 0.2) is 0 Å². The van der Waals surface area contributed by atoms with Gasteiger partial charge in [0, 0.05) is 0 Å². The molecule has 0 aliphatic heterocycles. The van der Waals surface area contributed by atoms with Crippen molar-refractivity contribution in [3.05, 3.63) is 0 Å². The van der Waals surface area contributed by atoms with Crippen LogP contribution in [-0.2, 0) is 0 Å². The molecule has 0 heterocycles. The quantitative estimate of drug-likeness (QED) is 0.534. The van der Waals surface area contributed by atoms with Gasteiger partial charge in [0.25, 0.3) is 0 Å². The van der Waals surface area contributed by atoms with Crippen molar-refractivity contribution >= 4 is 7.12 Å². The van der Waals surface area contributed by atoms with E-state index in [1.807, 2.05) is 0 Å². The first-order chi connectivity index (χ1) is 4.43. The smallest absolute Gasteiger partial charge is 0.427 e. The molecule has 1 aliphatic rings. The fourth-order valence-corrected chi connectivity index (χ4v) is 1.54. The largest absolute Gasteiger partial charge is 0.455 e. The zero-order chi connectivity index (χ0) is 7.94. The molecule has 0 bridgehead atoms. The molecule has 1 fully saturated rings. The highest BCUT2D eigenvalue weighted by atomic mass is 16.4. The lowest BCUT2D eigenvalue weighted by molar-refractivity contribution is 0.333. The van der Waals surface area contributed by atoms with Gasteiger partial charge < -0.3 is 10.0 Å². The molecular formula is C7H15BO2. The van der Waals surface area contributed by atoms with E-state index in [0.29, 0.717) is 5.92 Å². The van der Waals surface area contributed by atoms with Crippen molar-refractivity contribution in [2.24, 2.45) is 11.3 Å². The monoisotopic (exact) mass is 142 g/mol. The predicted octanol–water partition coefficient (Wildman–Crippen LogP) is 0.895. The summed E-state index contributed by atoms with van der Waals surface area (Å²) >= 11 is 0. The van der Waals surface area contributed by atoms with E-state index in [1.54, 1.807) is 0 Å². The average Bonchev–Trinajstić information content (AvgIpc) is 2.35. The zero-order valence-corrected chi connectivity index (χ0v) is 6.83. The number of hydrogen-bond acceptors (Lipinski definition) is 2. The second-order valence-corrected chi connectivity index (χ2v) is 4.29. The molecule has 3 heteroatoms. The molecule has 58 valence electrons. The minimum atomic E-state index is -1.09. The molecule has 2 unspecified atom stereocenters. The molecule has 1 saturated carbocycles. The second-order valence-electron chi connectivity index (χ2n) is 4.29. The Hall–Kier alpha value is -0.0151. The van der Waals surface area contributed by atoms with Crippen molar-refractivity contribution < 1.29 is 10.0 Å². The van der Waals surface area contributed by atoms with E-state index in [-0.39, 0.29) is 11.2 Å². The molecule has 1 rings (SSSR count). The first-order valence-corrected chi connectivity index (χ1v) is 3.79. The van der Waals surface area contributed by atoms with Crippen LogP contribution in [0.2, 0.25) is 5.82 Å². The van der Waals surface area contributed by atoms with Gasteiger partial charge in [0.05, 0.1) is 0 Å². The van der Waals surface area contributed by atoms with E-state index in [9.17, 15) is 0 Å². The topological polar surface area (TPSA) is 40.5 Å². The van der Waals surface area contributed by atoms with Gasteiger partial charge in [-0.25, -0.2) is 0 Å². The van der Waals surface area contributed by atoms with Crippen LogP contribution in [0.3, 0.4) is 0 Å². The molecule has 0 saturated heterocycles. The first kappa shape index (κ1) is 8.09. The van der Waals surface area contributed by atoms with Crippen molar-refractivity contribution in [1.82, 2.24) is 0 Å². The maximum atomic E-state index is 8.78. The van der Waals surface area contributed by atoms with Gasteiger partial charge in [-0.05, 0) is 23.6 Å². The lowest BCUT2D eigenvalue weighted by atomic mass is 9.76. The molecule has 0 radical (unpaired) electrons. The predicted molar refractivity (Wildman–Crippen MR) is 41.5 cm³/mol. The maximum Gasteiger partial charge on any atom is 0.455 e. The van der Waals surface area contributed by atoms with Gasteiger partial charge in [0.1, 0.15) is 0 Å². The van der Waals surface area contributed by atoms with E-state index in [2.05, 4.69) is 20.8 Å². The summed E-state index contributed by atoms with van der Waals surface area (Å²) in [5.41, 5.74) is 0.244. The lowest BCUT2D eigenvalue weighted by Crippen LogP contribution is -2.16. The fourth-order valence-electron chi connectivity index (χ4n) is 1.54. The van der Waals surface area contributed by atoms with E-state index in [4.69, 9.17) is 10.0 Å². The molecule has 2 atom stereocenters. The Labute approximate surface area is 62.4 Å². The standard InChI is InChI=1S/C7H15BO2/c1-7(2,3)5-4-6(5)8(9)10/h5-6,9-10H,4H2,1-3H3. The van der Waals surface area contributed by atoms with Crippen molar-refractivity contribution in [3.63, 3.8) is 0 Å². The van der Waals surface area contributed by atoms with Crippen molar-refractivity contribution in [2.75, 3.05) is 0 Å². The van der Waals surface area contributed by atoms with Gasteiger partial charge in [-0.1, -0.05) is 20.8 Å². The summed E-state index contributed by atoms with van der Waals surface area (Å²) in [5.74, 6) is 0.646. The van der Waals surface area contributed by atoms with Crippen molar-refractivity contribution in [2.45, 2.75) is 33.0 Å². The Kier molecular flexibility index (Phi) is 1.81. The molecule has 10 heavy (non-hydrogen) atoms. The summed E-state index contributed by atoms with van der Waals surface area (Å²) in [7, 11) is -1.09. The third kappa shape index (κ3) is 1.52. The number of hydrogen-bond donors (Lipinski definition) is 2. The van der Waals surface area contributed by atoms with Crippen LogP contribution in [0.25, 0.3) is 0 Å². The van der Waals surface area contributed by atoms with E-state index >= 15 is 0 Å². The highest BCUT2D eigenvalue weighted by molar-refractivity contribution is 6.44. The normalized spacial score (nSPS) is 32.1. The number of rotatable bonds is 1. The van der Waals surface area contributed by atoms with Gasteiger partial charge in [-0.15, -0.1) is 0 Å². The molecule has 0 amide bonds. The Bertz CT molecular complexity index is 128. The lowest BCUT2D eigenvalue weighted by Gasteiger charge is -2.17. The fraction of sp³-hybridized carbons (Fsp3) is 1.00. The first-order valence-electron chi connectivity index (χ1n) is 3.79. The highest BCUT2D eigenvalue weighted by Gasteiger charge is 2.50. The summed E-state index contributed by atoms with van der Waals surface area (Å²) in [6, 6.07) is 0. The van der Waals surface area contributed by atoms with Crippen LogP contribution >= 0.6 is 0 Å². The van der Waals surface area contributed by atoms with Crippen LogP contribution < -0.4 is 0 Å². The summed E-state index contributed by atoms with van der Waals surface area (Å²) < 4.78 is 0. The summed E-state index contributed by atoms with van der Waals surface area (Å²) in [6.45, 7) is 6.42. The van der Waals surface area contributed by atoms with Crippen LogP contribution in [0, 0.1) is 11.3 Å². The van der Waals surface area contributed by atoms with Gasteiger partial charge >= 0.3 is 7.12 Å². The van der Waals surface area contributed by atoms with Crippen LogP contribution in [0.4, 0.5) is 0 Å². The SMILES string of the molecule is CC(C)(C)C1CC1B(O)O. The molecule has 2 nitrogen and oxygen atoms in total. The van der Waals surface area contributed by atoms with Crippen LogP contribution in [-0.4, -0.2) is 17.2 Å². The van der Waals surface area contributed by atoms with Gasteiger partial charge in [-0.3, -0.25) is 0 Å². The van der Waals surface area contributed by atoms with Crippen LogP contribution in [0.5, 0.6) is 0 Å². The Morgan fingerprint density at radius 3 is 1.90 bits per heavy atom. The Balaban J connectivity index is 2.39. The Morgan fingerprint density at radius 1 is 1.30 bits per heavy atom. The van der Waals surface area contributed by atoms with Gasteiger partial charge in [-0.2, -0.15) is 0 Å². The van der Waals surface area contributed by atoms with Crippen molar-refractivity contribution in [3.8, 4) is 0 Å². The highest BCUT2D eigenvalue weighted by Crippen LogP contribution is 2.55.